The fraction of sp³-hybridized carbons (Fsp3) is 0.500. The Labute approximate surface area is 211 Å². The van der Waals surface area contributed by atoms with Crippen LogP contribution in [0, 0.1) is 23.3 Å². The first-order valence-corrected chi connectivity index (χ1v) is 19.6. The molecule has 184 valence electrons. The second-order valence-corrected chi connectivity index (χ2v) is 22.2. The number of ketones is 1. The number of Topliss-reactive ketones (excluding diaryl/α,β-unsaturated/α-hetero) is 1. The molecule has 1 saturated heterocycles. The highest BCUT2D eigenvalue weighted by atomic mass is 28.3. The van der Waals surface area contributed by atoms with Gasteiger partial charge >= 0.3 is 6.09 Å². The molecule has 0 aromatic heterocycles. The number of para-hydroxylation sites is 1. The summed E-state index contributed by atoms with van der Waals surface area (Å²) >= 11 is 0. The molecule has 4 rings (SSSR count). The Bertz CT molecular complexity index is 1190. The van der Waals surface area contributed by atoms with Gasteiger partial charge in [-0.05, 0) is 37.1 Å². The Hall–Kier alpha value is -2.59. The van der Waals surface area contributed by atoms with Crippen molar-refractivity contribution in [3.63, 3.8) is 0 Å². The van der Waals surface area contributed by atoms with Crippen LogP contribution in [0.5, 0.6) is 0 Å². The van der Waals surface area contributed by atoms with Gasteiger partial charge in [0, 0.05) is 20.1 Å². The molecule has 0 bridgehead atoms. The predicted molar refractivity (Wildman–Crippen MR) is 145 cm³/mol. The summed E-state index contributed by atoms with van der Waals surface area (Å²) < 4.78 is 12.2. The molecule has 2 aliphatic heterocycles. The maximum Gasteiger partial charge on any atom is 0.415 e. The molecule has 7 heteroatoms. The minimum Gasteiger partial charge on any atom is -0.449 e. The molecule has 0 radical (unpaired) electrons. The van der Waals surface area contributed by atoms with Gasteiger partial charge in [0.15, 0.2) is 11.4 Å². The monoisotopic (exact) mass is 505 g/mol. The molecular formula is C28H35NO4Si2. The van der Waals surface area contributed by atoms with Crippen LogP contribution in [0.4, 0.5) is 10.5 Å². The van der Waals surface area contributed by atoms with Gasteiger partial charge in [-0.15, -0.1) is 5.54 Å². The van der Waals surface area contributed by atoms with E-state index < -0.39 is 39.5 Å². The van der Waals surface area contributed by atoms with Crippen LogP contribution in [-0.2, 0) is 19.9 Å². The van der Waals surface area contributed by atoms with Gasteiger partial charge in [0.05, 0.1) is 12.3 Å². The molecular weight excluding hydrogens is 470 g/mol. The quantitative estimate of drug-likeness (QED) is 0.309. The summed E-state index contributed by atoms with van der Waals surface area (Å²) in [7, 11) is -2.83. The summed E-state index contributed by atoms with van der Waals surface area (Å²) in [4.78, 5) is 28.3. The third-order valence-corrected chi connectivity index (χ3v) is 9.27. The van der Waals surface area contributed by atoms with Crippen LogP contribution < -0.4 is 4.90 Å². The summed E-state index contributed by atoms with van der Waals surface area (Å²) in [5.74, 6) is 9.49. The molecule has 1 saturated carbocycles. The van der Waals surface area contributed by atoms with Crippen molar-refractivity contribution in [2.24, 2.45) is 0 Å². The van der Waals surface area contributed by atoms with E-state index in [1.165, 1.54) is 0 Å². The maximum absolute atomic E-state index is 13.5. The lowest BCUT2D eigenvalue weighted by atomic mass is 9.68. The Morgan fingerprint density at radius 2 is 1.89 bits per heavy atom. The van der Waals surface area contributed by atoms with E-state index >= 15 is 0 Å². The number of nitrogens with zero attached hydrogens (tertiary/aromatic N) is 1. The second-order valence-electron chi connectivity index (χ2n) is 11.8. The van der Waals surface area contributed by atoms with Crippen molar-refractivity contribution in [1.29, 1.82) is 0 Å². The maximum atomic E-state index is 13.5. The topological polar surface area (TPSA) is 59.1 Å². The van der Waals surface area contributed by atoms with E-state index in [0.717, 1.165) is 18.0 Å². The molecule has 0 N–H and O–H groups in total. The molecule has 1 amide bonds. The molecule has 1 aliphatic carbocycles. The number of amides is 1. The van der Waals surface area contributed by atoms with E-state index in [1.54, 1.807) is 17.1 Å². The summed E-state index contributed by atoms with van der Waals surface area (Å²) in [5.41, 5.74) is 2.83. The predicted octanol–water partition coefficient (Wildman–Crippen LogP) is 5.51. The average Bonchev–Trinajstić information content (AvgIpc) is 3.47. The molecule has 3 atom stereocenters. The van der Waals surface area contributed by atoms with E-state index in [2.05, 4.69) is 62.6 Å². The second kappa shape index (κ2) is 9.13. The molecule has 2 heterocycles. The van der Waals surface area contributed by atoms with Crippen LogP contribution in [0.3, 0.4) is 0 Å². The Morgan fingerprint density at radius 3 is 2.60 bits per heavy atom. The van der Waals surface area contributed by atoms with Crippen molar-refractivity contribution < 1.29 is 19.1 Å². The number of allylic oxidation sites excluding steroid dienone is 2. The standard InChI is InChI=1S/C28H35NO4Si2/c1-34(2,3)20-12-8-7-9-16-24-27-18-13-17-25(30)28(27,33-27)22-14-10-11-15-23(22)29(24)26(31)32-19-21-35(4,5)6/h7-8,10-11,14-15,24H,13,17-19,21H2,1-6H3/b8-7-/t24-,27-,28-/m0/s1. The largest absolute Gasteiger partial charge is 0.449 e. The Balaban J connectivity index is 1.72. The number of ether oxygens (including phenoxy) is 2. The molecule has 1 aromatic carbocycles. The lowest BCUT2D eigenvalue weighted by Gasteiger charge is -2.40. The molecule has 0 spiro atoms. The summed E-state index contributed by atoms with van der Waals surface area (Å²) in [6.45, 7) is 13.7. The third-order valence-electron chi connectivity index (χ3n) is 6.67. The van der Waals surface area contributed by atoms with Crippen LogP contribution in [0.1, 0.15) is 24.8 Å². The number of anilines is 1. The Kier molecular flexibility index (Phi) is 6.65. The van der Waals surface area contributed by atoms with Crippen LogP contribution >= 0.6 is 0 Å². The first-order chi connectivity index (χ1) is 16.4. The fourth-order valence-electron chi connectivity index (χ4n) is 4.97. The molecule has 2 fully saturated rings. The zero-order chi connectivity index (χ0) is 25.5. The smallest absolute Gasteiger partial charge is 0.415 e. The van der Waals surface area contributed by atoms with Crippen molar-refractivity contribution in [3.05, 3.63) is 42.0 Å². The van der Waals surface area contributed by atoms with E-state index in [1.807, 2.05) is 24.3 Å². The first-order valence-electron chi connectivity index (χ1n) is 12.4. The molecule has 5 nitrogen and oxygen atoms in total. The van der Waals surface area contributed by atoms with Gasteiger partial charge < -0.3 is 9.47 Å². The third kappa shape index (κ3) is 4.78. The van der Waals surface area contributed by atoms with Gasteiger partial charge in [0.1, 0.15) is 19.7 Å². The van der Waals surface area contributed by atoms with Crippen molar-refractivity contribution in [3.8, 4) is 23.3 Å². The van der Waals surface area contributed by atoms with Crippen LogP contribution in [0.25, 0.3) is 0 Å². The fourth-order valence-corrected chi connectivity index (χ4v) is 6.20. The molecule has 1 aromatic rings. The zero-order valence-electron chi connectivity index (χ0n) is 21.7. The van der Waals surface area contributed by atoms with Gasteiger partial charge in [-0.2, -0.15) is 0 Å². The number of rotatable bonds is 3. The van der Waals surface area contributed by atoms with Crippen LogP contribution in [0.2, 0.25) is 45.3 Å². The van der Waals surface area contributed by atoms with Gasteiger partial charge in [0.2, 0.25) is 0 Å². The average molecular weight is 506 g/mol. The van der Waals surface area contributed by atoms with Gasteiger partial charge in [-0.25, -0.2) is 4.79 Å². The molecule has 0 unspecified atom stereocenters. The lowest BCUT2D eigenvalue weighted by Crippen LogP contribution is -2.57. The van der Waals surface area contributed by atoms with Crippen molar-refractivity contribution in [1.82, 2.24) is 0 Å². The first kappa shape index (κ1) is 25.5. The van der Waals surface area contributed by atoms with Crippen molar-refractivity contribution in [2.45, 2.75) is 81.8 Å². The number of fused-ring (bicyclic) bond motifs is 1. The normalized spacial score (nSPS) is 27.0. The van der Waals surface area contributed by atoms with Gasteiger partial charge in [-0.3, -0.25) is 9.69 Å². The molecule has 3 aliphatic rings. The van der Waals surface area contributed by atoms with E-state index in [-0.39, 0.29) is 5.78 Å². The van der Waals surface area contributed by atoms with Gasteiger partial charge in [0.25, 0.3) is 0 Å². The highest BCUT2D eigenvalue weighted by molar-refractivity contribution is 6.83. The number of carbonyl (C=O) groups is 2. The van der Waals surface area contributed by atoms with E-state index in [4.69, 9.17) is 9.47 Å². The Morgan fingerprint density at radius 1 is 1.17 bits per heavy atom. The van der Waals surface area contributed by atoms with Gasteiger partial charge in [-0.1, -0.05) is 75.2 Å². The number of carbonyl (C=O) groups excluding carboxylic acids is 2. The highest BCUT2D eigenvalue weighted by Gasteiger charge is 2.82. The SMILES string of the molecule is C[Si](C)(C)C#C/C=C\C#C[C@@H]1N(C(=O)OCC[Si](C)(C)C)c2ccccc2[C@@]23O[C@@]12CCCC3=O. The highest BCUT2D eigenvalue weighted by Crippen LogP contribution is 2.68. The number of hydrogen-bond donors (Lipinski definition) is 0. The summed E-state index contributed by atoms with van der Waals surface area (Å²) in [6, 6.07) is 7.79. The van der Waals surface area contributed by atoms with E-state index in [9.17, 15) is 9.59 Å². The minimum atomic E-state index is -1.46. The zero-order valence-corrected chi connectivity index (χ0v) is 23.7. The molecule has 35 heavy (non-hydrogen) atoms. The number of benzene rings is 1. The lowest BCUT2D eigenvalue weighted by molar-refractivity contribution is -0.125. The summed E-state index contributed by atoms with van der Waals surface area (Å²) in [5, 5.41) is 0. The van der Waals surface area contributed by atoms with Crippen molar-refractivity contribution in [2.75, 3.05) is 11.5 Å². The van der Waals surface area contributed by atoms with Crippen molar-refractivity contribution >= 4 is 33.7 Å². The minimum absolute atomic E-state index is 0.0753. The number of hydrogen-bond acceptors (Lipinski definition) is 4. The summed E-state index contributed by atoms with van der Waals surface area (Å²) in [6.07, 6.45) is 4.90. The number of epoxide rings is 1. The van der Waals surface area contributed by atoms with E-state index in [0.29, 0.717) is 25.1 Å². The van der Waals surface area contributed by atoms with Crippen LogP contribution in [0.15, 0.2) is 36.4 Å². The van der Waals surface area contributed by atoms with Crippen LogP contribution in [-0.4, -0.2) is 46.3 Å².